The number of anilines is 1. The molecule has 14 heavy (non-hydrogen) atoms. The summed E-state index contributed by atoms with van der Waals surface area (Å²) >= 11 is 0. The van der Waals surface area contributed by atoms with Gasteiger partial charge in [-0.05, 0) is 37.5 Å². The Bertz CT molecular complexity index is 264. The van der Waals surface area contributed by atoms with Crippen LogP contribution in [0.25, 0.3) is 0 Å². The van der Waals surface area contributed by atoms with Gasteiger partial charge in [-0.3, -0.25) is 0 Å². The lowest BCUT2D eigenvalue weighted by Crippen LogP contribution is -2.08. The lowest BCUT2D eigenvalue weighted by molar-refractivity contribution is 0.185. The fourth-order valence-corrected chi connectivity index (χ4v) is 1.34. The molecule has 2 nitrogen and oxygen atoms in total. The van der Waals surface area contributed by atoms with E-state index in [2.05, 4.69) is 29.2 Å². The zero-order valence-corrected chi connectivity index (χ0v) is 9.20. The fraction of sp³-hybridized carbons (Fsp3) is 0.500. The monoisotopic (exact) mass is 193 g/mol. The van der Waals surface area contributed by atoms with Crippen molar-refractivity contribution in [2.24, 2.45) is 0 Å². The van der Waals surface area contributed by atoms with E-state index in [1.54, 1.807) is 0 Å². The number of hydrogen-bond acceptors (Lipinski definition) is 2. The van der Waals surface area contributed by atoms with Crippen molar-refractivity contribution in [3.63, 3.8) is 0 Å². The molecule has 0 radical (unpaired) electrons. The largest absolute Gasteiger partial charge is 0.393 e. The quantitative estimate of drug-likeness (QED) is 0.791. The number of benzene rings is 1. The first kappa shape index (κ1) is 11.1. The van der Waals surface area contributed by atoms with Crippen LogP contribution in [0.4, 0.5) is 5.69 Å². The zero-order chi connectivity index (χ0) is 10.6. The van der Waals surface area contributed by atoms with Crippen molar-refractivity contribution in [3.05, 3.63) is 29.8 Å². The van der Waals surface area contributed by atoms with Gasteiger partial charge in [0.15, 0.2) is 0 Å². The van der Waals surface area contributed by atoms with Crippen molar-refractivity contribution >= 4 is 5.69 Å². The predicted molar refractivity (Wildman–Crippen MR) is 60.8 cm³/mol. The Labute approximate surface area is 86.2 Å². The molecule has 1 rings (SSSR count). The van der Waals surface area contributed by atoms with E-state index in [-0.39, 0.29) is 6.10 Å². The molecule has 0 amide bonds. The van der Waals surface area contributed by atoms with E-state index in [1.807, 2.05) is 21.0 Å². The smallest absolute Gasteiger partial charge is 0.0515 e. The van der Waals surface area contributed by atoms with Gasteiger partial charge in [0, 0.05) is 19.8 Å². The summed E-state index contributed by atoms with van der Waals surface area (Å²) in [5.41, 5.74) is 2.50. The van der Waals surface area contributed by atoms with Gasteiger partial charge in [0.05, 0.1) is 6.10 Å². The molecule has 0 saturated carbocycles. The van der Waals surface area contributed by atoms with Crippen molar-refractivity contribution in [2.45, 2.75) is 25.9 Å². The second-order valence-corrected chi connectivity index (χ2v) is 3.95. The molecule has 0 fully saturated rings. The summed E-state index contributed by atoms with van der Waals surface area (Å²) < 4.78 is 0. The Kier molecular flexibility index (Phi) is 3.96. The predicted octanol–water partition coefficient (Wildman–Crippen LogP) is 2.07. The Hall–Kier alpha value is -1.02. The van der Waals surface area contributed by atoms with Crippen molar-refractivity contribution < 1.29 is 5.11 Å². The Morgan fingerprint density at radius 3 is 2.21 bits per heavy atom. The summed E-state index contributed by atoms with van der Waals surface area (Å²) in [5.74, 6) is 0. The number of rotatable bonds is 4. The van der Waals surface area contributed by atoms with Gasteiger partial charge in [-0.1, -0.05) is 12.1 Å². The van der Waals surface area contributed by atoms with Crippen LogP contribution in [-0.4, -0.2) is 25.3 Å². The highest BCUT2D eigenvalue weighted by Crippen LogP contribution is 2.13. The van der Waals surface area contributed by atoms with E-state index in [1.165, 1.54) is 11.3 Å². The number of aryl methyl sites for hydroxylation is 1. The highest BCUT2D eigenvalue weighted by Gasteiger charge is 1.99. The normalized spacial score (nSPS) is 12.6. The van der Waals surface area contributed by atoms with Gasteiger partial charge in [0.25, 0.3) is 0 Å². The van der Waals surface area contributed by atoms with Gasteiger partial charge in [0.2, 0.25) is 0 Å². The topological polar surface area (TPSA) is 23.5 Å². The molecule has 1 aromatic carbocycles. The Morgan fingerprint density at radius 2 is 1.79 bits per heavy atom. The van der Waals surface area contributed by atoms with Gasteiger partial charge < -0.3 is 10.0 Å². The minimum absolute atomic E-state index is 0.205. The maximum absolute atomic E-state index is 9.15. The maximum Gasteiger partial charge on any atom is 0.0515 e. The SMILES string of the molecule is CC(O)CCc1ccc(N(C)C)cc1. The maximum atomic E-state index is 9.15. The zero-order valence-electron chi connectivity index (χ0n) is 9.20. The van der Waals surface area contributed by atoms with Crippen LogP contribution in [-0.2, 0) is 6.42 Å². The molecule has 1 atom stereocenters. The summed E-state index contributed by atoms with van der Waals surface area (Å²) in [4.78, 5) is 2.08. The van der Waals surface area contributed by atoms with E-state index in [0.29, 0.717) is 0 Å². The molecule has 0 aromatic heterocycles. The van der Waals surface area contributed by atoms with E-state index in [0.717, 1.165) is 12.8 Å². The summed E-state index contributed by atoms with van der Waals surface area (Å²) in [6.45, 7) is 1.83. The third-order valence-electron chi connectivity index (χ3n) is 2.30. The number of nitrogens with zero attached hydrogens (tertiary/aromatic N) is 1. The van der Waals surface area contributed by atoms with E-state index in [4.69, 9.17) is 5.11 Å². The standard InChI is InChI=1S/C12H19NO/c1-10(14)4-5-11-6-8-12(9-7-11)13(2)3/h6-10,14H,4-5H2,1-3H3. The number of hydrogen-bond donors (Lipinski definition) is 1. The minimum atomic E-state index is -0.205. The van der Waals surface area contributed by atoms with Crippen LogP contribution in [0.3, 0.4) is 0 Å². The first-order valence-corrected chi connectivity index (χ1v) is 5.04. The first-order valence-electron chi connectivity index (χ1n) is 5.04. The van der Waals surface area contributed by atoms with E-state index < -0.39 is 0 Å². The van der Waals surface area contributed by atoms with Crippen molar-refractivity contribution in [3.8, 4) is 0 Å². The van der Waals surface area contributed by atoms with E-state index in [9.17, 15) is 0 Å². The van der Waals surface area contributed by atoms with E-state index >= 15 is 0 Å². The second kappa shape index (κ2) is 5.01. The third kappa shape index (κ3) is 3.38. The molecule has 0 aliphatic rings. The van der Waals surface area contributed by atoms with Gasteiger partial charge in [-0.15, -0.1) is 0 Å². The van der Waals surface area contributed by atoms with Crippen molar-refractivity contribution in [2.75, 3.05) is 19.0 Å². The first-order chi connectivity index (χ1) is 6.59. The minimum Gasteiger partial charge on any atom is -0.393 e. The fourth-order valence-electron chi connectivity index (χ4n) is 1.34. The van der Waals surface area contributed by atoms with Crippen molar-refractivity contribution in [1.29, 1.82) is 0 Å². The molecule has 78 valence electrons. The van der Waals surface area contributed by atoms with Crippen LogP contribution < -0.4 is 4.90 Å². The molecular weight excluding hydrogens is 174 g/mol. The van der Waals surface area contributed by atoms with Gasteiger partial charge >= 0.3 is 0 Å². The summed E-state index contributed by atoms with van der Waals surface area (Å²) in [7, 11) is 4.07. The second-order valence-electron chi connectivity index (χ2n) is 3.95. The molecule has 2 heteroatoms. The average molecular weight is 193 g/mol. The van der Waals surface area contributed by atoms with Crippen LogP contribution >= 0.6 is 0 Å². The Balaban J connectivity index is 2.55. The van der Waals surface area contributed by atoms with Gasteiger partial charge in [0.1, 0.15) is 0 Å². The van der Waals surface area contributed by atoms with Gasteiger partial charge in [-0.2, -0.15) is 0 Å². The Morgan fingerprint density at radius 1 is 1.21 bits per heavy atom. The lowest BCUT2D eigenvalue weighted by Gasteiger charge is -2.12. The highest BCUT2D eigenvalue weighted by molar-refractivity contribution is 5.45. The molecule has 0 bridgehead atoms. The molecule has 0 spiro atoms. The average Bonchev–Trinajstić information content (AvgIpc) is 2.15. The van der Waals surface area contributed by atoms with Crippen LogP contribution in [0.5, 0.6) is 0 Å². The third-order valence-corrected chi connectivity index (χ3v) is 2.30. The summed E-state index contributed by atoms with van der Waals surface area (Å²) in [5, 5.41) is 9.15. The molecule has 1 N–H and O–H groups in total. The number of aliphatic hydroxyl groups is 1. The van der Waals surface area contributed by atoms with Crippen molar-refractivity contribution in [1.82, 2.24) is 0 Å². The molecular formula is C12H19NO. The molecule has 0 heterocycles. The molecule has 0 aliphatic heterocycles. The lowest BCUT2D eigenvalue weighted by atomic mass is 10.1. The summed E-state index contributed by atoms with van der Waals surface area (Å²) in [6.07, 6.45) is 1.58. The summed E-state index contributed by atoms with van der Waals surface area (Å²) in [6, 6.07) is 8.46. The van der Waals surface area contributed by atoms with Crippen LogP contribution in [0, 0.1) is 0 Å². The highest BCUT2D eigenvalue weighted by atomic mass is 16.3. The van der Waals surface area contributed by atoms with Crippen LogP contribution in [0.2, 0.25) is 0 Å². The van der Waals surface area contributed by atoms with Crippen LogP contribution in [0.1, 0.15) is 18.9 Å². The molecule has 0 saturated heterocycles. The van der Waals surface area contributed by atoms with Crippen LogP contribution in [0.15, 0.2) is 24.3 Å². The molecule has 1 aromatic rings. The van der Waals surface area contributed by atoms with Gasteiger partial charge in [-0.25, -0.2) is 0 Å². The number of aliphatic hydroxyl groups excluding tert-OH is 1. The molecule has 0 aliphatic carbocycles. The molecule has 1 unspecified atom stereocenters.